The lowest BCUT2D eigenvalue weighted by atomic mass is 9.78. The van der Waals surface area contributed by atoms with Gasteiger partial charge in [-0.15, -0.1) is 0 Å². The van der Waals surface area contributed by atoms with Crippen LogP contribution in [0.3, 0.4) is 0 Å². The molecule has 0 unspecified atom stereocenters. The number of ketones is 1. The number of benzene rings is 1. The van der Waals surface area contributed by atoms with E-state index in [0.717, 1.165) is 16.7 Å². The van der Waals surface area contributed by atoms with Crippen LogP contribution < -0.4 is 4.74 Å². The minimum atomic E-state index is -0.739. The molecule has 0 aromatic heterocycles. The van der Waals surface area contributed by atoms with Crippen molar-refractivity contribution in [3.05, 3.63) is 28.8 Å². The smallest absolute Gasteiger partial charge is 0.321 e. The average molecular weight is 332 g/mol. The molecule has 0 spiro atoms. The monoisotopic (exact) mass is 332 g/mol. The molecule has 0 amide bonds. The number of carbonyl (C=O) groups excluding carboxylic acids is 2. The van der Waals surface area contributed by atoms with Crippen molar-refractivity contribution < 1.29 is 14.3 Å². The molecular formula is C21H32O3. The molecule has 1 rings (SSSR count). The highest BCUT2D eigenvalue weighted by atomic mass is 16.5. The zero-order valence-corrected chi connectivity index (χ0v) is 16.7. The van der Waals surface area contributed by atoms with Crippen LogP contribution in [0.15, 0.2) is 12.1 Å². The van der Waals surface area contributed by atoms with Crippen LogP contribution >= 0.6 is 0 Å². The van der Waals surface area contributed by atoms with Crippen molar-refractivity contribution in [3.63, 3.8) is 0 Å². The predicted molar refractivity (Wildman–Crippen MR) is 98.7 cm³/mol. The summed E-state index contributed by atoms with van der Waals surface area (Å²) in [6.07, 6.45) is 0.336. The molecule has 1 atom stereocenters. The number of carbonyl (C=O) groups is 2. The van der Waals surface area contributed by atoms with E-state index in [4.69, 9.17) is 4.74 Å². The van der Waals surface area contributed by atoms with Gasteiger partial charge in [0.25, 0.3) is 0 Å². The molecule has 24 heavy (non-hydrogen) atoms. The van der Waals surface area contributed by atoms with Crippen molar-refractivity contribution in [2.24, 2.45) is 5.92 Å². The van der Waals surface area contributed by atoms with Crippen LogP contribution in [-0.2, 0) is 20.4 Å². The molecular weight excluding hydrogens is 300 g/mol. The Bertz CT molecular complexity index is 592. The molecule has 0 N–H and O–H groups in total. The van der Waals surface area contributed by atoms with Gasteiger partial charge in [-0.1, -0.05) is 66.2 Å². The molecule has 1 aromatic carbocycles. The first-order valence-electron chi connectivity index (χ1n) is 8.69. The highest BCUT2D eigenvalue weighted by Crippen LogP contribution is 2.41. The first-order chi connectivity index (χ1) is 10.8. The zero-order valence-electron chi connectivity index (χ0n) is 16.7. The van der Waals surface area contributed by atoms with E-state index >= 15 is 0 Å². The molecule has 0 saturated heterocycles. The maximum absolute atomic E-state index is 12.5. The summed E-state index contributed by atoms with van der Waals surface area (Å²) < 4.78 is 5.81. The summed E-state index contributed by atoms with van der Waals surface area (Å²) in [7, 11) is 0. The second-order valence-corrected chi connectivity index (χ2v) is 8.65. The quantitative estimate of drug-likeness (QED) is 0.437. The Morgan fingerprint density at radius 3 is 1.75 bits per heavy atom. The molecule has 0 aliphatic carbocycles. The minimum Gasteiger partial charge on any atom is -0.425 e. The van der Waals surface area contributed by atoms with E-state index in [9.17, 15) is 9.59 Å². The van der Waals surface area contributed by atoms with Crippen LogP contribution in [0.4, 0.5) is 0 Å². The molecule has 0 heterocycles. The lowest BCUT2D eigenvalue weighted by molar-refractivity contribution is -0.143. The van der Waals surface area contributed by atoms with Gasteiger partial charge < -0.3 is 4.74 Å². The van der Waals surface area contributed by atoms with Crippen LogP contribution in [0.1, 0.15) is 78.5 Å². The van der Waals surface area contributed by atoms with Crippen molar-refractivity contribution in [1.29, 1.82) is 0 Å². The Morgan fingerprint density at radius 2 is 1.42 bits per heavy atom. The van der Waals surface area contributed by atoms with E-state index in [-0.39, 0.29) is 16.6 Å². The van der Waals surface area contributed by atoms with E-state index in [2.05, 4.69) is 60.6 Å². The first kappa shape index (κ1) is 20.4. The number of hydrogen-bond acceptors (Lipinski definition) is 3. The van der Waals surface area contributed by atoms with Gasteiger partial charge in [0, 0.05) is 17.5 Å². The Balaban J connectivity index is 3.49. The highest BCUT2D eigenvalue weighted by Gasteiger charge is 2.31. The summed E-state index contributed by atoms with van der Waals surface area (Å²) in [5.74, 6) is -0.693. The van der Waals surface area contributed by atoms with Crippen LogP contribution in [0.25, 0.3) is 0 Å². The highest BCUT2D eigenvalue weighted by molar-refractivity contribution is 5.99. The normalized spacial score (nSPS) is 13.5. The molecule has 134 valence electrons. The Morgan fingerprint density at radius 1 is 1.00 bits per heavy atom. The van der Waals surface area contributed by atoms with E-state index in [1.807, 2.05) is 0 Å². The summed E-state index contributed by atoms with van der Waals surface area (Å²) in [6, 6.07) is 4.15. The number of esters is 1. The second kappa shape index (κ2) is 7.08. The molecule has 0 radical (unpaired) electrons. The van der Waals surface area contributed by atoms with Crippen molar-refractivity contribution in [2.45, 2.75) is 79.6 Å². The van der Waals surface area contributed by atoms with Crippen LogP contribution in [0, 0.1) is 12.8 Å². The van der Waals surface area contributed by atoms with Gasteiger partial charge in [0.15, 0.2) is 0 Å². The molecule has 0 aliphatic heterocycles. The summed E-state index contributed by atoms with van der Waals surface area (Å²) in [6.45, 7) is 18.1. The predicted octanol–water partition coefficient (Wildman–Crippen LogP) is 5.11. The first-order valence-corrected chi connectivity index (χ1v) is 8.69. The van der Waals surface area contributed by atoms with Crippen LogP contribution in [-0.4, -0.2) is 11.8 Å². The summed E-state index contributed by atoms with van der Waals surface area (Å²) >= 11 is 0. The van der Waals surface area contributed by atoms with Crippen molar-refractivity contribution >= 4 is 11.8 Å². The number of hydrogen-bond donors (Lipinski definition) is 0. The largest absolute Gasteiger partial charge is 0.425 e. The average Bonchev–Trinajstić information content (AvgIpc) is 2.44. The number of Topliss-reactive ketones (excluding diaryl/α,β-unsaturated/α-hetero) is 1. The molecule has 0 bridgehead atoms. The zero-order chi connectivity index (χ0) is 18.9. The maximum atomic E-state index is 12.5. The Labute approximate surface area is 146 Å². The number of ether oxygens (including phenoxy) is 1. The number of aryl methyl sites for hydroxylation is 1. The van der Waals surface area contributed by atoms with Gasteiger partial charge in [-0.3, -0.25) is 9.59 Å². The summed E-state index contributed by atoms with van der Waals surface area (Å²) in [5, 5.41) is 0. The van der Waals surface area contributed by atoms with Gasteiger partial charge in [-0.2, -0.15) is 0 Å². The SMILES string of the molecule is CCC(=O)[C@H](C)C(=O)Oc1c(C(C)(C)C)cc(C)cc1C(C)(C)C. The standard InChI is InChI=1S/C21H32O3/c1-10-17(22)14(3)19(23)24-18-15(20(4,5)6)11-13(2)12-16(18)21(7,8)9/h11-12,14H,10H2,1-9H3/t14-/m0/s1. The molecule has 0 aliphatic rings. The third-order valence-corrected chi connectivity index (χ3v) is 4.24. The van der Waals surface area contributed by atoms with Gasteiger partial charge in [0.1, 0.15) is 17.5 Å². The summed E-state index contributed by atoms with van der Waals surface area (Å²) in [5.41, 5.74) is 2.80. The fourth-order valence-electron chi connectivity index (χ4n) is 2.62. The van der Waals surface area contributed by atoms with Crippen LogP contribution in [0.5, 0.6) is 5.75 Å². The van der Waals surface area contributed by atoms with Gasteiger partial charge in [-0.25, -0.2) is 0 Å². The minimum absolute atomic E-state index is 0.0956. The topological polar surface area (TPSA) is 43.4 Å². The van der Waals surface area contributed by atoms with Crippen LogP contribution in [0.2, 0.25) is 0 Å². The molecule has 3 heteroatoms. The maximum Gasteiger partial charge on any atom is 0.321 e. The van der Waals surface area contributed by atoms with Gasteiger partial charge in [0.05, 0.1) is 0 Å². The van der Waals surface area contributed by atoms with Crippen molar-refractivity contribution in [2.75, 3.05) is 0 Å². The molecule has 3 nitrogen and oxygen atoms in total. The van der Waals surface area contributed by atoms with E-state index in [0.29, 0.717) is 12.2 Å². The molecule has 1 aromatic rings. The van der Waals surface area contributed by atoms with Gasteiger partial charge in [0.2, 0.25) is 0 Å². The van der Waals surface area contributed by atoms with E-state index < -0.39 is 11.9 Å². The van der Waals surface area contributed by atoms with Gasteiger partial charge in [-0.05, 0) is 24.7 Å². The lowest BCUT2D eigenvalue weighted by Gasteiger charge is -2.30. The Hall–Kier alpha value is -1.64. The second-order valence-electron chi connectivity index (χ2n) is 8.65. The van der Waals surface area contributed by atoms with E-state index in [1.54, 1.807) is 13.8 Å². The molecule has 0 saturated carbocycles. The molecule has 0 fully saturated rings. The fraction of sp³-hybridized carbons (Fsp3) is 0.619. The van der Waals surface area contributed by atoms with Crippen molar-refractivity contribution in [3.8, 4) is 5.75 Å². The lowest BCUT2D eigenvalue weighted by Crippen LogP contribution is -2.28. The number of rotatable bonds is 4. The third kappa shape index (κ3) is 4.68. The summed E-state index contributed by atoms with van der Waals surface area (Å²) in [4.78, 5) is 24.4. The van der Waals surface area contributed by atoms with Gasteiger partial charge >= 0.3 is 5.97 Å². The van der Waals surface area contributed by atoms with Crippen molar-refractivity contribution in [1.82, 2.24) is 0 Å². The fourth-order valence-corrected chi connectivity index (χ4v) is 2.62. The van der Waals surface area contributed by atoms with E-state index in [1.165, 1.54) is 0 Å². The third-order valence-electron chi connectivity index (χ3n) is 4.24. The Kier molecular flexibility index (Phi) is 6.02.